The van der Waals surface area contributed by atoms with Crippen molar-refractivity contribution in [3.63, 3.8) is 0 Å². The zero-order chi connectivity index (χ0) is 22.4. The van der Waals surface area contributed by atoms with Gasteiger partial charge in [0.05, 0.1) is 11.3 Å². The van der Waals surface area contributed by atoms with E-state index in [0.717, 1.165) is 24.6 Å². The quantitative estimate of drug-likeness (QED) is 0.492. The Labute approximate surface area is 179 Å². The molecular formula is C22H25F3N6. The second kappa shape index (κ2) is 9.74. The lowest BCUT2D eigenvalue weighted by atomic mass is 10.1. The van der Waals surface area contributed by atoms with Gasteiger partial charge in [0.2, 0.25) is 5.95 Å². The highest BCUT2D eigenvalue weighted by Crippen LogP contribution is 2.35. The summed E-state index contributed by atoms with van der Waals surface area (Å²) < 4.78 is 39.8. The lowest BCUT2D eigenvalue weighted by Crippen LogP contribution is -2.17. The molecule has 0 saturated carbocycles. The van der Waals surface area contributed by atoms with E-state index < -0.39 is 11.7 Å². The van der Waals surface area contributed by atoms with Gasteiger partial charge in [0, 0.05) is 36.3 Å². The third-order valence-electron chi connectivity index (χ3n) is 4.67. The van der Waals surface area contributed by atoms with Gasteiger partial charge >= 0.3 is 6.18 Å². The Balaban J connectivity index is 1.91. The van der Waals surface area contributed by atoms with Crippen molar-refractivity contribution in [2.45, 2.75) is 19.5 Å². The predicted octanol–water partition coefficient (Wildman–Crippen LogP) is 4.97. The number of anilines is 3. The maximum absolute atomic E-state index is 13.3. The van der Waals surface area contributed by atoms with Crippen LogP contribution in [0.25, 0.3) is 11.3 Å². The molecule has 0 saturated heterocycles. The summed E-state index contributed by atoms with van der Waals surface area (Å²) in [4.78, 5) is 15.1. The van der Waals surface area contributed by atoms with Crippen molar-refractivity contribution in [2.75, 3.05) is 37.8 Å². The van der Waals surface area contributed by atoms with E-state index in [2.05, 4.69) is 30.5 Å². The number of alkyl halides is 3. The lowest BCUT2D eigenvalue weighted by molar-refractivity contribution is -0.138. The minimum atomic E-state index is -4.42. The average molecular weight is 430 g/mol. The molecule has 2 heterocycles. The van der Waals surface area contributed by atoms with E-state index in [0.29, 0.717) is 29.7 Å². The normalized spacial score (nSPS) is 11.6. The summed E-state index contributed by atoms with van der Waals surface area (Å²) in [6.07, 6.45) is -0.211. The molecule has 3 rings (SSSR count). The van der Waals surface area contributed by atoms with E-state index in [4.69, 9.17) is 0 Å². The first-order valence-corrected chi connectivity index (χ1v) is 9.86. The number of hydrogen-bond acceptors (Lipinski definition) is 6. The zero-order valence-corrected chi connectivity index (χ0v) is 17.7. The first-order chi connectivity index (χ1) is 14.7. The molecule has 0 atom stereocenters. The Morgan fingerprint density at radius 3 is 2.45 bits per heavy atom. The molecule has 6 nitrogen and oxygen atoms in total. The maximum Gasteiger partial charge on any atom is 0.416 e. The van der Waals surface area contributed by atoms with E-state index in [-0.39, 0.29) is 5.56 Å². The molecule has 164 valence electrons. The fourth-order valence-electron chi connectivity index (χ4n) is 3.07. The van der Waals surface area contributed by atoms with E-state index in [9.17, 15) is 13.2 Å². The van der Waals surface area contributed by atoms with Crippen molar-refractivity contribution in [1.82, 2.24) is 19.9 Å². The van der Waals surface area contributed by atoms with Gasteiger partial charge in [-0.25, -0.2) is 4.98 Å². The molecule has 0 aliphatic carbocycles. The summed E-state index contributed by atoms with van der Waals surface area (Å²) in [5, 5.41) is 6.23. The number of nitrogens with zero attached hydrogens (tertiary/aromatic N) is 4. The van der Waals surface area contributed by atoms with Crippen molar-refractivity contribution >= 4 is 17.5 Å². The number of aromatic nitrogens is 3. The Morgan fingerprint density at radius 2 is 1.77 bits per heavy atom. The van der Waals surface area contributed by atoms with Gasteiger partial charge < -0.3 is 15.5 Å². The van der Waals surface area contributed by atoms with Gasteiger partial charge in [0.1, 0.15) is 5.82 Å². The van der Waals surface area contributed by atoms with E-state index in [1.165, 1.54) is 13.0 Å². The van der Waals surface area contributed by atoms with Crippen LogP contribution >= 0.6 is 0 Å². The fraction of sp³-hybridized carbons (Fsp3) is 0.318. The third kappa shape index (κ3) is 6.14. The van der Waals surface area contributed by atoms with Crippen molar-refractivity contribution in [2.24, 2.45) is 0 Å². The first kappa shape index (κ1) is 22.5. The Kier molecular flexibility index (Phi) is 7.06. The monoisotopic (exact) mass is 430 g/mol. The van der Waals surface area contributed by atoms with E-state index >= 15 is 0 Å². The molecule has 0 radical (unpaired) electrons. The van der Waals surface area contributed by atoms with Crippen LogP contribution in [-0.4, -0.2) is 47.0 Å². The summed E-state index contributed by atoms with van der Waals surface area (Å²) in [6.45, 7) is 3.02. The number of pyridine rings is 1. The minimum Gasteiger partial charge on any atom is -0.354 e. The van der Waals surface area contributed by atoms with E-state index in [1.807, 2.05) is 26.2 Å². The van der Waals surface area contributed by atoms with Gasteiger partial charge in [-0.2, -0.15) is 18.2 Å². The second-order valence-electron chi connectivity index (χ2n) is 7.38. The molecule has 0 fully saturated rings. The molecule has 0 aliphatic rings. The van der Waals surface area contributed by atoms with Crippen LogP contribution in [0.5, 0.6) is 0 Å². The number of halogens is 3. The standard InChI is InChI=1S/C22H25F3N6/c1-15-17(22(23,24)25)6-4-7-18(15)28-20-14-19(16-8-11-26-12-9-16)29-21(30-20)27-10-5-13-31(2)3/h4,6-9,11-12,14H,5,10,13H2,1-3H3,(H2,27,28,29,30). The number of benzene rings is 1. The predicted molar refractivity (Wildman–Crippen MR) is 116 cm³/mol. The summed E-state index contributed by atoms with van der Waals surface area (Å²) in [5.74, 6) is 0.805. The summed E-state index contributed by atoms with van der Waals surface area (Å²) in [5.41, 5.74) is 1.24. The second-order valence-corrected chi connectivity index (χ2v) is 7.38. The molecule has 0 bridgehead atoms. The SMILES string of the molecule is Cc1c(Nc2cc(-c3ccncc3)nc(NCCCN(C)C)n2)cccc1C(F)(F)F. The molecule has 9 heteroatoms. The molecule has 1 aromatic carbocycles. The molecule has 2 N–H and O–H groups in total. The van der Waals surface area contributed by atoms with Crippen LogP contribution < -0.4 is 10.6 Å². The number of nitrogens with one attached hydrogen (secondary N) is 2. The molecule has 0 unspecified atom stereocenters. The van der Waals surface area contributed by atoms with Gasteiger partial charge in [-0.05, 0) is 63.8 Å². The van der Waals surface area contributed by atoms with Gasteiger partial charge in [-0.3, -0.25) is 4.98 Å². The summed E-state index contributed by atoms with van der Waals surface area (Å²) in [6, 6.07) is 9.39. The number of hydrogen-bond donors (Lipinski definition) is 2. The Bertz CT molecular complexity index is 1010. The fourth-order valence-corrected chi connectivity index (χ4v) is 3.07. The highest BCUT2D eigenvalue weighted by Gasteiger charge is 2.32. The van der Waals surface area contributed by atoms with Crippen LogP contribution in [0, 0.1) is 6.92 Å². The first-order valence-electron chi connectivity index (χ1n) is 9.86. The molecule has 0 spiro atoms. The van der Waals surface area contributed by atoms with Gasteiger partial charge in [0.25, 0.3) is 0 Å². The molecule has 31 heavy (non-hydrogen) atoms. The van der Waals surface area contributed by atoms with Crippen molar-refractivity contribution < 1.29 is 13.2 Å². The van der Waals surface area contributed by atoms with Gasteiger partial charge in [0.15, 0.2) is 0 Å². The summed E-state index contributed by atoms with van der Waals surface area (Å²) >= 11 is 0. The Hall–Kier alpha value is -3.20. The van der Waals surface area contributed by atoms with Crippen molar-refractivity contribution in [3.05, 3.63) is 59.9 Å². The third-order valence-corrected chi connectivity index (χ3v) is 4.67. The van der Waals surface area contributed by atoms with Crippen molar-refractivity contribution in [1.29, 1.82) is 0 Å². The molecule has 3 aromatic rings. The van der Waals surface area contributed by atoms with Crippen LogP contribution in [0.15, 0.2) is 48.8 Å². The molecule has 2 aromatic heterocycles. The van der Waals surface area contributed by atoms with Gasteiger partial charge in [-0.15, -0.1) is 0 Å². The molecular weight excluding hydrogens is 405 g/mol. The molecule has 0 amide bonds. The van der Waals surface area contributed by atoms with Crippen LogP contribution in [0.1, 0.15) is 17.5 Å². The topological polar surface area (TPSA) is 66.0 Å². The van der Waals surface area contributed by atoms with E-state index in [1.54, 1.807) is 24.5 Å². The van der Waals surface area contributed by atoms with Gasteiger partial charge in [-0.1, -0.05) is 6.07 Å². The van der Waals surface area contributed by atoms with Crippen LogP contribution in [0.3, 0.4) is 0 Å². The number of rotatable bonds is 8. The summed E-state index contributed by atoms with van der Waals surface area (Å²) in [7, 11) is 4.00. The Morgan fingerprint density at radius 1 is 1.03 bits per heavy atom. The zero-order valence-electron chi connectivity index (χ0n) is 17.7. The average Bonchev–Trinajstić information content (AvgIpc) is 2.72. The van der Waals surface area contributed by atoms with Crippen molar-refractivity contribution in [3.8, 4) is 11.3 Å². The largest absolute Gasteiger partial charge is 0.416 e. The highest BCUT2D eigenvalue weighted by molar-refractivity contribution is 5.69. The van der Waals surface area contributed by atoms with Crippen LogP contribution in [0.4, 0.5) is 30.6 Å². The molecule has 0 aliphatic heterocycles. The smallest absolute Gasteiger partial charge is 0.354 e. The minimum absolute atomic E-state index is 0.111. The van der Waals surface area contributed by atoms with Crippen LogP contribution in [0.2, 0.25) is 0 Å². The maximum atomic E-state index is 13.3. The highest BCUT2D eigenvalue weighted by atomic mass is 19.4. The lowest BCUT2D eigenvalue weighted by Gasteiger charge is -2.16. The van der Waals surface area contributed by atoms with Crippen LogP contribution in [-0.2, 0) is 6.18 Å².